The number of nitrogens with one attached hydrogen (secondary N) is 1. The Morgan fingerprint density at radius 3 is 2.45 bits per heavy atom. The number of hydrogen-bond acceptors (Lipinski definition) is 2. The van der Waals surface area contributed by atoms with E-state index in [9.17, 15) is 9.59 Å². The van der Waals surface area contributed by atoms with Crippen LogP contribution in [0.1, 0.15) is 44.6 Å². The highest BCUT2D eigenvalue weighted by molar-refractivity contribution is 5.96. The van der Waals surface area contributed by atoms with E-state index in [1.807, 2.05) is 37.3 Å². The van der Waals surface area contributed by atoms with Crippen LogP contribution in [0.3, 0.4) is 0 Å². The van der Waals surface area contributed by atoms with Gasteiger partial charge in [0.15, 0.2) is 0 Å². The smallest absolute Gasteiger partial charge is 0.246 e. The second-order valence-electron chi connectivity index (χ2n) is 6.51. The van der Waals surface area contributed by atoms with Crippen LogP contribution in [-0.4, -0.2) is 28.8 Å². The number of hydrogen-bond donors (Lipinski definition) is 1. The SMILES string of the molecule is CC1C(=O)NC(C2CCCCC2)C(=O)N1Cc1ccccc1. The number of rotatable bonds is 3. The zero-order valence-corrected chi connectivity index (χ0v) is 13.1. The standard InChI is InChI=1S/C18H24N2O2/c1-13-17(21)19-16(15-10-6-3-7-11-15)18(22)20(13)12-14-8-4-2-5-9-14/h2,4-5,8-9,13,15-16H,3,6-7,10-12H2,1H3,(H,19,21). The van der Waals surface area contributed by atoms with Crippen molar-refractivity contribution >= 4 is 11.8 Å². The molecule has 3 rings (SSSR count). The predicted octanol–water partition coefficient (Wildman–Crippen LogP) is 2.48. The molecule has 2 amide bonds. The first kappa shape index (κ1) is 15.1. The molecule has 118 valence electrons. The van der Waals surface area contributed by atoms with Gasteiger partial charge in [-0.1, -0.05) is 49.6 Å². The van der Waals surface area contributed by atoms with Crippen molar-refractivity contribution in [1.82, 2.24) is 10.2 Å². The van der Waals surface area contributed by atoms with Crippen molar-refractivity contribution < 1.29 is 9.59 Å². The molecular formula is C18H24N2O2. The largest absolute Gasteiger partial charge is 0.342 e. The lowest BCUT2D eigenvalue weighted by molar-refractivity contribution is -0.151. The zero-order valence-electron chi connectivity index (χ0n) is 13.1. The normalized spacial score (nSPS) is 26.9. The first-order valence-electron chi connectivity index (χ1n) is 8.31. The van der Waals surface area contributed by atoms with E-state index in [1.54, 1.807) is 4.90 Å². The lowest BCUT2D eigenvalue weighted by Gasteiger charge is -2.41. The Balaban J connectivity index is 1.78. The Bertz CT molecular complexity index is 537. The third-order valence-electron chi connectivity index (χ3n) is 5.01. The van der Waals surface area contributed by atoms with Crippen LogP contribution >= 0.6 is 0 Å². The van der Waals surface area contributed by atoms with E-state index < -0.39 is 6.04 Å². The minimum atomic E-state index is -0.396. The van der Waals surface area contributed by atoms with Crippen LogP contribution in [0.25, 0.3) is 0 Å². The van der Waals surface area contributed by atoms with Gasteiger partial charge in [0, 0.05) is 6.54 Å². The first-order chi connectivity index (χ1) is 10.7. The quantitative estimate of drug-likeness (QED) is 0.932. The summed E-state index contributed by atoms with van der Waals surface area (Å²) in [5.41, 5.74) is 1.07. The minimum Gasteiger partial charge on any atom is -0.342 e. The molecule has 0 spiro atoms. The Morgan fingerprint density at radius 1 is 1.09 bits per heavy atom. The van der Waals surface area contributed by atoms with Gasteiger partial charge in [0.2, 0.25) is 11.8 Å². The average molecular weight is 300 g/mol. The van der Waals surface area contributed by atoms with Gasteiger partial charge in [0.1, 0.15) is 12.1 Å². The fraction of sp³-hybridized carbons (Fsp3) is 0.556. The van der Waals surface area contributed by atoms with Crippen LogP contribution in [0.2, 0.25) is 0 Å². The molecule has 2 unspecified atom stereocenters. The number of piperazine rings is 1. The molecule has 1 aromatic rings. The molecule has 0 aromatic heterocycles. The molecule has 1 aliphatic carbocycles. The molecule has 1 heterocycles. The topological polar surface area (TPSA) is 49.4 Å². The second-order valence-corrected chi connectivity index (χ2v) is 6.51. The maximum atomic E-state index is 12.9. The van der Waals surface area contributed by atoms with Crippen molar-refractivity contribution in [2.24, 2.45) is 5.92 Å². The molecule has 1 aliphatic heterocycles. The van der Waals surface area contributed by atoms with Gasteiger partial charge in [-0.3, -0.25) is 9.59 Å². The fourth-order valence-electron chi connectivity index (χ4n) is 3.63. The summed E-state index contributed by atoms with van der Waals surface area (Å²) in [6.45, 7) is 2.32. The van der Waals surface area contributed by atoms with Gasteiger partial charge in [-0.2, -0.15) is 0 Å². The summed E-state index contributed by atoms with van der Waals surface area (Å²) in [5.74, 6) is 0.366. The second kappa shape index (κ2) is 6.51. The lowest BCUT2D eigenvalue weighted by atomic mass is 9.82. The molecule has 1 saturated heterocycles. The molecule has 0 radical (unpaired) electrons. The minimum absolute atomic E-state index is 0.0221. The van der Waals surface area contributed by atoms with Crippen LogP contribution in [0.4, 0.5) is 0 Å². The summed E-state index contributed by atoms with van der Waals surface area (Å²) in [6, 6.07) is 9.17. The first-order valence-corrected chi connectivity index (χ1v) is 8.31. The van der Waals surface area contributed by atoms with Crippen molar-refractivity contribution in [3.63, 3.8) is 0 Å². The molecule has 22 heavy (non-hydrogen) atoms. The molecule has 1 N–H and O–H groups in total. The number of nitrogens with zero attached hydrogens (tertiary/aromatic N) is 1. The Labute approximate surface area is 131 Å². The summed E-state index contributed by atoms with van der Waals surface area (Å²) in [6.07, 6.45) is 5.67. The van der Waals surface area contributed by atoms with Crippen molar-refractivity contribution in [3.8, 4) is 0 Å². The van der Waals surface area contributed by atoms with Crippen molar-refractivity contribution in [1.29, 1.82) is 0 Å². The van der Waals surface area contributed by atoms with Gasteiger partial charge in [-0.15, -0.1) is 0 Å². The van der Waals surface area contributed by atoms with Gasteiger partial charge in [-0.05, 0) is 31.2 Å². The van der Waals surface area contributed by atoms with Crippen molar-refractivity contribution in [3.05, 3.63) is 35.9 Å². The maximum Gasteiger partial charge on any atom is 0.246 e. The fourth-order valence-corrected chi connectivity index (χ4v) is 3.63. The van der Waals surface area contributed by atoms with E-state index in [2.05, 4.69) is 5.32 Å². The number of carbonyl (C=O) groups excluding carboxylic acids is 2. The summed E-state index contributed by atoms with van der Waals surface area (Å²) < 4.78 is 0. The molecule has 1 saturated carbocycles. The van der Waals surface area contributed by atoms with Gasteiger partial charge in [-0.25, -0.2) is 0 Å². The van der Waals surface area contributed by atoms with E-state index in [1.165, 1.54) is 19.3 Å². The molecular weight excluding hydrogens is 276 g/mol. The molecule has 2 atom stereocenters. The zero-order chi connectivity index (χ0) is 15.5. The van der Waals surface area contributed by atoms with Crippen LogP contribution in [0, 0.1) is 5.92 Å². The van der Waals surface area contributed by atoms with E-state index in [0.29, 0.717) is 12.5 Å². The molecule has 1 aromatic carbocycles. The summed E-state index contributed by atoms with van der Waals surface area (Å²) in [4.78, 5) is 26.9. The summed E-state index contributed by atoms with van der Waals surface area (Å²) >= 11 is 0. The summed E-state index contributed by atoms with van der Waals surface area (Å²) in [5, 5.41) is 2.97. The van der Waals surface area contributed by atoms with Gasteiger partial charge < -0.3 is 10.2 Å². The molecule has 0 bridgehead atoms. The third-order valence-corrected chi connectivity index (χ3v) is 5.01. The van der Waals surface area contributed by atoms with Crippen LogP contribution in [0.5, 0.6) is 0 Å². The molecule has 4 heteroatoms. The average Bonchev–Trinajstić information content (AvgIpc) is 2.57. The van der Waals surface area contributed by atoms with Crippen molar-refractivity contribution in [2.45, 2.75) is 57.7 Å². The molecule has 2 fully saturated rings. The number of carbonyl (C=O) groups is 2. The highest BCUT2D eigenvalue weighted by Gasteiger charge is 2.41. The highest BCUT2D eigenvalue weighted by Crippen LogP contribution is 2.29. The Hall–Kier alpha value is -1.84. The van der Waals surface area contributed by atoms with E-state index in [0.717, 1.165) is 18.4 Å². The van der Waals surface area contributed by atoms with Crippen LogP contribution < -0.4 is 5.32 Å². The lowest BCUT2D eigenvalue weighted by Crippen LogP contribution is -2.64. The van der Waals surface area contributed by atoms with Gasteiger partial charge in [0.25, 0.3) is 0 Å². The maximum absolute atomic E-state index is 12.9. The summed E-state index contributed by atoms with van der Waals surface area (Å²) in [7, 11) is 0. The van der Waals surface area contributed by atoms with Gasteiger partial charge >= 0.3 is 0 Å². The Kier molecular flexibility index (Phi) is 4.46. The third kappa shape index (κ3) is 3.01. The van der Waals surface area contributed by atoms with E-state index in [-0.39, 0.29) is 17.9 Å². The van der Waals surface area contributed by atoms with Crippen LogP contribution in [-0.2, 0) is 16.1 Å². The van der Waals surface area contributed by atoms with E-state index in [4.69, 9.17) is 0 Å². The van der Waals surface area contributed by atoms with Crippen molar-refractivity contribution in [2.75, 3.05) is 0 Å². The van der Waals surface area contributed by atoms with E-state index >= 15 is 0 Å². The Morgan fingerprint density at radius 2 is 1.77 bits per heavy atom. The highest BCUT2D eigenvalue weighted by atomic mass is 16.2. The monoisotopic (exact) mass is 300 g/mol. The van der Waals surface area contributed by atoms with Crippen LogP contribution in [0.15, 0.2) is 30.3 Å². The predicted molar refractivity (Wildman–Crippen MR) is 85.0 cm³/mol. The number of amides is 2. The van der Waals surface area contributed by atoms with Gasteiger partial charge in [0.05, 0.1) is 0 Å². The molecule has 4 nitrogen and oxygen atoms in total. The molecule has 2 aliphatic rings. The number of benzene rings is 1.